The molecule has 1 aliphatic rings. The minimum Gasteiger partial charge on any atom is -0.497 e. The molecule has 0 aromatic heterocycles. The van der Waals surface area contributed by atoms with E-state index in [0.29, 0.717) is 13.0 Å². The van der Waals surface area contributed by atoms with Gasteiger partial charge in [0.25, 0.3) is 0 Å². The zero-order chi connectivity index (χ0) is 15.2. The molecule has 116 valence electrons. The van der Waals surface area contributed by atoms with Crippen LogP contribution in [0, 0.1) is 5.92 Å². The number of aliphatic hydroxyl groups is 1. The van der Waals surface area contributed by atoms with Gasteiger partial charge in [-0.2, -0.15) is 0 Å². The lowest BCUT2D eigenvalue weighted by molar-refractivity contribution is -0.131. The van der Waals surface area contributed by atoms with Crippen LogP contribution < -0.4 is 9.47 Å². The Morgan fingerprint density at radius 1 is 1.33 bits per heavy atom. The molecule has 2 rings (SSSR count). The normalized spacial score (nSPS) is 18.1. The van der Waals surface area contributed by atoms with Gasteiger partial charge in [0.15, 0.2) is 0 Å². The summed E-state index contributed by atoms with van der Waals surface area (Å²) in [5, 5.41) is 8.88. The van der Waals surface area contributed by atoms with Crippen molar-refractivity contribution in [3.8, 4) is 11.5 Å². The number of rotatable bonds is 7. The number of amides is 1. The highest BCUT2D eigenvalue weighted by molar-refractivity contribution is 5.80. The summed E-state index contributed by atoms with van der Waals surface area (Å²) in [7, 11) is 3.23. The van der Waals surface area contributed by atoms with Crippen LogP contribution in [0.1, 0.15) is 24.8 Å². The Hall–Kier alpha value is -1.75. The number of ether oxygens (including phenoxy) is 2. The van der Waals surface area contributed by atoms with Crippen molar-refractivity contribution in [1.82, 2.24) is 4.90 Å². The highest BCUT2D eigenvalue weighted by Gasteiger charge is 2.31. The van der Waals surface area contributed by atoms with Crippen LogP contribution in [0.5, 0.6) is 11.5 Å². The average molecular weight is 293 g/mol. The molecule has 1 amide bonds. The van der Waals surface area contributed by atoms with Crippen molar-refractivity contribution >= 4 is 5.91 Å². The number of likely N-dealkylation sites (tertiary alicyclic amines) is 1. The van der Waals surface area contributed by atoms with Crippen molar-refractivity contribution in [1.29, 1.82) is 0 Å². The Morgan fingerprint density at radius 3 is 2.81 bits per heavy atom. The fourth-order valence-corrected chi connectivity index (χ4v) is 2.75. The number of hydrogen-bond acceptors (Lipinski definition) is 4. The summed E-state index contributed by atoms with van der Waals surface area (Å²) in [4.78, 5) is 14.2. The molecule has 0 bridgehead atoms. The average Bonchev–Trinajstić information content (AvgIpc) is 2.86. The Labute approximate surface area is 125 Å². The fraction of sp³-hybridized carbons (Fsp3) is 0.562. The molecule has 21 heavy (non-hydrogen) atoms. The van der Waals surface area contributed by atoms with Crippen molar-refractivity contribution in [3.63, 3.8) is 0 Å². The minimum atomic E-state index is 0.0568. The van der Waals surface area contributed by atoms with Gasteiger partial charge in [-0.15, -0.1) is 0 Å². The van der Waals surface area contributed by atoms with Gasteiger partial charge in [-0.25, -0.2) is 0 Å². The summed E-state index contributed by atoms with van der Waals surface area (Å²) >= 11 is 0. The van der Waals surface area contributed by atoms with Gasteiger partial charge in [-0.3, -0.25) is 4.79 Å². The summed E-state index contributed by atoms with van der Waals surface area (Å²) < 4.78 is 10.6. The monoisotopic (exact) mass is 293 g/mol. The molecule has 1 aliphatic heterocycles. The molecule has 1 N–H and O–H groups in total. The molecule has 1 saturated heterocycles. The van der Waals surface area contributed by atoms with Crippen LogP contribution in [-0.4, -0.2) is 43.3 Å². The fourth-order valence-electron chi connectivity index (χ4n) is 2.75. The highest BCUT2D eigenvalue weighted by Crippen LogP contribution is 2.29. The Bertz CT molecular complexity index is 489. The van der Waals surface area contributed by atoms with Crippen molar-refractivity contribution in [2.24, 2.45) is 5.92 Å². The lowest BCUT2D eigenvalue weighted by atomic mass is 10.0. The molecule has 1 fully saturated rings. The van der Waals surface area contributed by atoms with Gasteiger partial charge in [0.05, 0.1) is 14.2 Å². The van der Waals surface area contributed by atoms with E-state index in [2.05, 4.69) is 0 Å². The van der Waals surface area contributed by atoms with E-state index in [1.807, 2.05) is 23.1 Å². The summed E-state index contributed by atoms with van der Waals surface area (Å²) in [6.45, 7) is 1.47. The van der Waals surface area contributed by atoms with E-state index >= 15 is 0 Å². The van der Waals surface area contributed by atoms with Crippen molar-refractivity contribution in [2.45, 2.75) is 25.8 Å². The minimum absolute atomic E-state index is 0.0568. The first-order chi connectivity index (χ1) is 10.2. The maximum absolute atomic E-state index is 12.3. The van der Waals surface area contributed by atoms with Gasteiger partial charge in [0.2, 0.25) is 5.91 Å². The second-order valence-corrected chi connectivity index (χ2v) is 5.29. The number of methoxy groups -OCH3 is 2. The zero-order valence-corrected chi connectivity index (χ0v) is 12.7. The van der Waals surface area contributed by atoms with Crippen LogP contribution in [0.4, 0.5) is 0 Å². The van der Waals surface area contributed by atoms with Gasteiger partial charge in [-0.1, -0.05) is 0 Å². The third kappa shape index (κ3) is 3.67. The van der Waals surface area contributed by atoms with Gasteiger partial charge < -0.3 is 19.5 Å². The van der Waals surface area contributed by atoms with Crippen molar-refractivity contribution in [2.75, 3.05) is 27.4 Å². The van der Waals surface area contributed by atoms with Crippen LogP contribution >= 0.6 is 0 Å². The molecule has 1 aromatic rings. The summed E-state index contributed by atoms with van der Waals surface area (Å²) in [6, 6.07) is 5.65. The summed E-state index contributed by atoms with van der Waals surface area (Å²) in [6.07, 6.45) is 2.33. The summed E-state index contributed by atoms with van der Waals surface area (Å²) in [5.74, 6) is 1.72. The van der Waals surface area contributed by atoms with E-state index in [1.54, 1.807) is 14.2 Å². The molecule has 5 heteroatoms. The summed E-state index contributed by atoms with van der Waals surface area (Å²) in [5.41, 5.74) is 0.981. The lowest BCUT2D eigenvalue weighted by Gasteiger charge is -2.19. The third-order valence-corrected chi connectivity index (χ3v) is 3.97. The molecular formula is C16H23NO4. The van der Waals surface area contributed by atoms with E-state index in [4.69, 9.17) is 14.6 Å². The SMILES string of the molecule is COc1ccc(CN2CC[C@@H](CCCO)C2=O)c(OC)c1. The predicted molar refractivity (Wildman–Crippen MR) is 79.4 cm³/mol. The standard InChI is InChI=1S/C16H23NO4/c1-20-14-6-5-13(15(10-14)21-2)11-17-8-7-12(16(17)19)4-3-9-18/h5-6,10,12,18H,3-4,7-9,11H2,1-2H3/t12-/m1/s1. The van der Waals surface area contributed by atoms with Crippen molar-refractivity contribution in [3.05, 3.63) is 23.8 Å². The van der Waals surface area contributed by atoms with Crippen LogP contribution in [0.2, 0.25) is 0 Å². The number of nitrogens with zero attached hydrogens (tertiary/aromatic N) is 1. The van der Waals surface area contributed by atoms with Gasteiger partial charge in [-0.05, 0) is 31.4 Å². The Balaban J connectivity index is 2.03. The van der Waals surface area contributed by atoms with Gasteiger partial charge in [0.1, 0.15) is 11.5 Å². The van der Waals surface area contributed by atoms with E-state index in [0.717, 1.165) is 36.4 Å². The smallest absolute Gasteiger partial charge is 0.226 e. The topological polar surface area (TPSA) is 59.0 Å². The van der Waals surface area contributed by atoms with Gasteiger partial charge >= 0.3 is 0 Å². The zero-order valence-electron chi connectivity index (χ0n) is 12.7. The third-order valence-electron chi connectivity index (χ3n) is 3.97. The largest absolute Gasteiger partial charge is 0.497 e. The molecule has 0 unspecified atom stereocenters. The molecule has 5 nitrogen and oxygen atoms in total. The number of carbonyl (C=O) groups excluding carboxylic acids is 1. The molecule has 0 aliphatic carbocycles. The van der Waals surface area contributed by atoms with E-state index in [9.17, 15) is 4.79 Å². The Morgan fingerprint density at radius 2 is 2.14 bits per heavy atom. The molecule has 1 aromatic carbocycles. The quantitative estimate of drug-likeness (QED) is 0.833. The molecular weight excluding hydrogens is 270 g/mol. The number of aliphatic hydroxyl groups excluding tert-OH is 1. The number of hydrogen-bond donors (Lipinski definition) is 1. The second kappa shape index (κ2) is 7.31. The lowest BCUT2D eigenvalue weighted by Crippen LogP contribution is -2.27. The highest BCUT2D eigenvalue weighted by atomic mass is 16.5. The molecule has 0 radical (unpaired) electrons. The van der Waals surface area contributed by atoms with Crippen molar-refractivity contribution < 1.29 is 19.4 Å². The molecule has 0 saturated carbocycles. The molecule has 0 spiro atoms. The number of carbonyl (C=O) groups is 1. The van der Waals surface area contributed by atoms with Gasteiger partial charge in [0, 0.05) is 37.2 Å². The van der Waals surface area contributed by atoms with Crippen LogP contribution in [0.25, 0.3) is 0 Å². The predicted octanol–water partition coefficient (Wildman–Crippen LogP) is 1.82. The first-order valence-corrected chi connectivity index (χ1v) is 7.30. The number of benzene rings is 1. The molecule has 1 atom stereocenters. The first-order valence-electron chi connectivity index (χ1n) is 7.30. The second-order valence-electron chi connectivity index (χ2n) is 5.29. The maximum atomic E-state index is 12.3. The maximum Gasteiger partial charge on any atom is 0.226 e. The van der Waals surface area contributed by atoms with E-state index in [1.165, 1.54) is 0 Å². The van der Waals surface area contributed by atoms with Crippen LogP contribution in [0.3, 0.4) is 0 Å². The Kier molecular flexibility index (Phi) is 5.44. The van der Waals surface area contributed by atoms with Crippen LogP contribution in [-0.2, 0) is 11.3 Å². The van der Waals surface area contributed by atoms with E-state index < -0.39 is 0 Å². The van der Waals surface area contributed by atoms with Crippen LogP contribution in [0.15, 0.2) is 18.2 Å². The van der Waals surface area contributed by atoms with E-state index in [-0.39, 0.29) is 18.4 Å². The molecule has 1 heterocycles. The first kappa shape index (κ1) is 15.6.